The number of rotatable bonds is 2. The van der Waals surface area contributed by atoms with Crippen molar-refractivity contribution in [3.8, 4) is 0 Å². The summed E-state index contributed by atoms with van der Waals surface area (Å²) in [5, 5.41) is 5.43. The minimum Gasteiger partial charge on any atom is -0.266 e. The van der Waals surface area contributed by atoms with Crippen LogP contribution in [-0.2, 0) is 17.4 Å². The van der Waals surface area contributed by atoms with Crippen LogP contribution in [-0.4, -0.2) is 15.9 Å². The molecule has 1 aromatic carbocycles. The van der Waals surface area contributed by atoms with Crippen LogP contribution >= 0.6 is 15.9 Å². The highest BCUT2D eigenvalue weighted by Gasteiger charge is 2.40. The van der Waals surface area contributed by atoms with Crippen LogP contribution in [0.3, 0.4) is 0 Å². The number of nitrogens with zero attached hydrogens (tertiary/aromatic N) is 3. The van der Waals surface area contributed by atoms with Gasteiger partial charge in [-0.15, -0.1) is 0 Å². The Balaban J connectivity index is 2.32. The van der Waals surface area contributed by atoms with E-state index >= 15 is 0 Å². The van der Waals surface area contributed by atoms with Crippen LogP contribution in [0.5, 0.6) is 0 Å². The molecule has 1 heterocycles. The summed E-state index contributed by atoms with van der Waals surface area (Å²) in [6, 6.07) is 6.05. The van der Waals surface area contributed by atoms with Gasteiger partial charge in [0.25, 0.3) is 0 Å². The van der Waals surface area contributed by atoms with Gasteiger partial charge in [-0.25, -0.2) is 4.79 Å². The Hall–Kier alpha value is -1.45. The molecular formula is C13H12BrN3O. The number of hydrogen-bond acceptors (Lipinski definition) is 3. The van der Waals surface area contributed by atoms with Gasteiger partial charge in [0, 0.05) is 18.0 Å². The Morgan fingerprint density at radius 1 is 1.50 bits per heavy atom. The van der Waals surface area contributed by atoms with Gasteiger partial charge in [0.1, 0.15) is 10.1 Å². The second-order valence-corrected chi connectivity index (χ2v) is 5.46. The lowest BCUT2D eigenvalue weighted by atomic mass is 9.72. The van der Waals surface area contributed by atoms with Gasteiger partial charge < -0.3 is 0 Å². The van der Waals surface area contributed by atoms with E-state index in [1.54, 1.807) is 6.08 Å². The van der Waals surface area contributed by atoms with Gasteiger partial charge in [0.05, 0.1) is 5.52 Å². The van der Waals surface area contributed by atoms with Crippen LogP contribution in [0.4, 0.5) is 0 Å². The van der Waals surface area contributed by atoms with Gasteiger partial charge in [-0.05, 0) is 35.2 Å². The number of fused-ring (bicyclic) bond motifs is 1. The normalized spacial score (nSPS) is 17.2. The van der Waals surface area contributed by atoms with Crippen molar-refractivity contribution in [3.05, 3.63) is 28.4 Å². The van der Waals surface area contributed by atoms with Gasteiger partial charge >= 0.3 is 0 Å². The first kappa shape index (κ1) is 11.6. The van der Waals surface area contributed by atoms with E-state index in [1.807, 2.05) is 29.9 Å². The number of isocyanates is 1. The van der Waals surface area contributed by atoms with Crippen molar-refractivity contribution < 1.29 is 4.79 Å². The number of para-hydroxylation sites is 1. The SMILES string of the molecule is Cn1nc(Br)c2cccc(C3(N=C=O)CCC3)c21. The highest BCUT2D eigenvalue weighted by atomic mass is 79.9. The largest absolute Gasteiger partial charge is 0.266 e. The smallest absolute Gasteiger partial charge is 0.235 e. The Kier molecular flexibility index (Phi) is 2.61. The maximum Gasteiger partial charge on any atom is 0.235 e. The van der Waals surface area contributed by atoms with Crippen LogP contribution in [0.2, 0.25) is 0 Å². The van der Waals surface area contributed by atoms with Gasteiger partial charge in [-0.2, -0.15) is 10.1 Å². The maximum absolute atomic E-state index is 10.7. The number of aromatic nitrogens is 2. The molecule has 3 rings (SSSR count). The van der Waals surface area contributed by atoms with Gasteiger partial charge in [0.2, 0.25) is 6.08 Å². The van der Waals surface area contributed by atoms with Crippen molar-refractivity contribution in [1.82, 2.24) is 9.78 Å². The van der Waals surface area contributed by atoms with Crippen LogP contribution in [0.1, 0.15) is 24.8 Å². The van der Waals surface area contributed by atoms with Crippen molar-refractivity contribution in [2.75, 3.05) is 0 Å². The predicted octanol–water partition coefficient (Wildman–Crippen LogP) is 3.05. The molecule has 0 atom stereocenters. The van der Waals surface area contributed by atoms with Gasteiger partial charge in [-0.3, -0.25) is 4.68 Å². The Bertz CT molecular complexity index is 666. The summed E-state index contributed by atoms with van der Waals surface area (Å²) in [4.78, 5) is 14.8. The number of aryl methyl sites for hydroxylation is 1. The summed E-state index contributed by atoms with van der Waals surface area (Å²) in [6.07, 6.45) is 4.65. The molecule has 0 aliphatic heterocycles. The number of benzene rings is 1. The molecule has 0 bridgehead atoms. The van der Waals surface area contributed by atoms with Crippen LogP contribution in [0.25, 0.3) is 10.9 Å². The van der Waals surface area contributed by atoms with Crippen LogP contribution in [0, 0.1) is 0 Å². The molecule has 1 aliphatic rings. The van der Waals surface area contributed by atoms with E-state index in [0.29, 0.717) is 0 Å². The Morgan fingerprint density at radius 2 is 2.28 bits per heavy atom. The van der Waals surface area contributed by atoms with E-state index < -0.39 is 0 Å². The predicted molar refractivity (Wildman–Crippen MR) is 72.1 cm³/mol. The molecule has 1 fully saturated rings. The summed E-state index contributed by atoms with van der Waals surface area (Å²) >= 11 is 3.46. The molecule has 0 amide bonds. The van der Waals surface area contributed by atoms with Gasteiger partial charge in [0.15, 0.2) is 0 Å². The van der Waals surface area contributed by atoms with E-state index in [9.17, 15) is 4.79 Å². The maximum atomic E-state index is 10.7. The molecule has 5 heteroatoms. The average Bonchev–Trinajstić information content (AvgIpc) is 2.60. The van der Waals surface area contributed by atoms with E-state index in [1.165, 1.54) is 0 Å². The first-order valence-electron chi connectivity index (χ1n) is 5.89. The highest BCUT2D eigenvalue weighted by molar-refractivity contribution is 9.10. The zero-order valence-corrected chi connectivity index (χ0v) is 11.6. The lowest BCUT2D eigenvalue weighted by Gasteiger charge is -2.37. The molecule has 0 N–H and O–H groups in total. The summed E-state index contributed by atoms with van der Waals surface area (Å²) in [6.45, 7) is 0. The van der Waals surface area contributed by atoms with Gasteiger partial charge in [-0.1, -0.05) is 18.2 Å². The monoisotopic (exact) mass is 305 g/mol. The molecule has 0 saturated heterocycles. The third-order valence-corrected chi connectivity index (χ3v) is 4.35. The highest BCUT2D eigenvalue weighted by Crippen LogP contribution is 2.47. The summed E-state index contributed by atoms with van der Waals surface area (Å²) in [5.74, 6) is 0. The fraction of sp³-hybridized carbons (Fsp3) is 0.385. The van der Waals surface area contributed by atoms with E-state index in [4.69, 9.17) is 0 Å². The second kappa shape index (κ2) is 4.04. The number of carbonyl (C=O) groups excluding carboxylic acids is 1. The fourth-order valence-electron chi connectivity index (χ4n) is 2.71. The lowest BCUT2D eigenvalue weighted by Crippen LogP contribution is -2.32. The van der Waals surface area contributed by atoms with Crippen LogP contribution < -0.4 is 0 Å². The second-order valence-electron chi connectivity index (χ2n) is 4.70. The van der Waals surface area contributed by atoms with Crippen molar-refractivity contribution in [2.24, 2.45) is 12.0 Å². The molecule has 1 aliphatic carbocycles. The topological polar surface area (TPSA) is 47.2 Å². The number of aliphatic imine (C=N–C) groups is 1. The molecule has 0 radical (unpaired) electrons. The average molecular weight is 306 g/mol. The first-order chi connectivity index (χ1) is 8.68. The molecule has 0 spiro atoms. The van der Waals surface area contributed by atoms with Crippen LogP contribution in [0.15, 0.2) is 27.8 Å². The number of hydrogen-bond donors (Lipinski definition) is 0. The quantitative estimate of drug-likeness (QED) is 0.632. The van der Waals surface area contributed by atoms with E-state index in [2.05, 4.69) is 26.0 Å². The molecule has 1 saturated carbocycles. The summed E-state index contributed by atoms with van der Waals surface area (Å²) < 4.78 is 2.67. The molecular weight excluding hydrogens is 294 g/mol. The molecule has 18 heavy (non-hydrogen) atoms. The standard InChI is InChI=1S/C13H12BrN3O/c1-17-11-9(12(14)16-17)4-2-5-10(11)13(15-8-18)6-3-7-13/h2,4-5H,3,6-7H2,1H3. The first-order valence-corrected chi connectivity index (χ1v) is 6.68. The zero-order chi connectivity index (χ0) is 12.8. The molecule has 1 aromatic heterocycles. The van der Waals surface area contributed by atoms with Crippen molar-refractivity contribution in [2.45, 2.75) is 24.8 Å². The summed E-state index contributed by atoms with van der Waals surface area (Å²) in [7, 11) is 1.91. The third kappa shape index (κ3) is 1.48. The van der Waals surface area contributed by atoms with E-state index in [-0.39, 0.29) is 5.54 Å². The Morgan fingerprint density at radius 3 is 2.89 bits per heavy atom. The zero-order valence-electron chi connectivity index (χ0n) is 9.98. The van der Waals surface area contributed by atoms with E-state index in [0.717, 1.165) is 40.3 Å². The summed E-state index contributed by atoms with van der Waals surface area (Å²) in [5.41, 5.74) is 1.74. The third-order valence-electron chi connectivity index (χ3n) is 3.76. The minimum absolute atomic E-state index is 0.380. The van der Waals surface area contributed by atoms with Crippen molar-refractivity contribution >= 4 is 32.9 Å². The minimum atomic E-state index is -0.380. The lowest BCUT2D eigenvalue weighted by molar-refractivity contribution is 0.257. The van der Waals surface area contributed by atoms with Crippen molar-refractivity contribution in [3.63, 3.8) is 0 Å². The molecule has 2 aromatic rings. The number of halogens is 1. The Labute approximate surface area is 113 Å². The molecule has 4 nitrogen and oxygen atoms in total. The fourth-order valence-corrected chi connectivity index (χ4v) is 3.27. The molecule has 0 unspecified atom stereocenters. The van der Waals surface area contributed by atoms with Crippen molar-refractivity contribution in [1.29, 1.82) is 0 Å². The molecule has 92 valence electrons.